The minimum Gasteiger partial charge on any atom is -0.459 e. The van der Waals surface area contributed by atoms with Crippen LogP contribution in [0.2, 0.25) is 0 Å². The summed E-state index contributed by atoms with van der Waals surface area (Å²) in [6, 6.07) is 6.45. The van der Waals surface area contributed by atoms with Crippen molar-refractivity contribution in [2.45, 2.75) is 103 Å². The zero-order valence-electron chi connectivity index (χ0n) is 24.5. The first-order chi connectivity index (χ1) is 19.5. The molecule has 3 aliphatic heterocycles. The third kappa shape index (κ3) is 7.37. The van der Waals surface area contributed by atoms with E-state index in [2.05, 4.69) is 5.32 Å². The summed E-state index contributed by atoms with van der Waals surface area (Å²) < 4.78 is 10.8. The SMILES string of the molecule is CC(NC(=O)OC(C)(C)C)C(=O)N1CCCC1C(=O)N1CCCC1C(=O)N1CCCC1C(=O)OCc1ccccc1. The van der Waals surface area contributed by atoms with Crippen LogP contribution in [0.3, 0.4) is 0 Å². The maximum atomic E-state index is 13.8. The van der Waals surface area contributed by atoms with E-state index >= 15 is 0 Å². The van der Waals surface area contributed by atoms with Crippen LogP contribution in [0.4, 0.5) is 4.79 Å². The Labute approximate surface area is 241 Å². The zero-order chi connectivity index (χ0) is 29.7. The Morgan fingerprint density at radius 3 is 1.93 bits per heavy atom. The van der Waals surface area contributed by atoms with E-state index in [1.165, 1.54) is 4.90 Å². The number of carbonyl (C=O) groups is 5. The lowest BCUT2D eigenvalue weighted by Gasteiger charge is -2.34. The normalized spacial score (nSPS) is 23.3. The Morgan fingerprint density at radius 2 is 1.34 bits per heavy atom. The zero-order valence-corrected chi connectivity index (χ0v) is 24.5. The topological polar surface area (TPSA) is 126 Å². The first kappa shape index (κ1) is 30.3. The number of likely N-dealkylation sites (tertiary alicyclic amines) is 3. The van der Waals surface area contributed by atoms with Gasteiger partial charge in [0.1, 0.15) is 36.4 Å². The van der Waals surface area contributed by atoms with Crippen LogP contribution in [0, 0.1) is 0 Å². The van der Waals surface area contributed by atoms with E-state index in [4.69, 9.17) is 9.47 Å². The molecule has 3 saturated heterocycles. The fourth-order valence-electron chi connectivity index (χ4n) is 5.85. The van der Waals surface area contributed by atoms with E-state index in [0.717, 1.165) is 5.56 Å². The molecule has 1 N–H and O–H groups in total. The van der Waals surface area contributed by atoms with Gasteiger partial charge in [0, 0.05) is 19.6 Å². The molecule has 0 aliphatic carbocycles. The number of carbonyl (C=O) groups excluding carboxylic acids is 5. The number of ether oxygens (including phenoxy) is 2. The van der Waals surface area contributed by atoms with Gasteiger partial charge in [0.15, 0.2) is 0 Å². The van der Waals surface area contributed by atoms with Crippen LogP contribution in [0.1, 0.15) is 71.8 Å². The molecule has 4 rings (SSSR count). The van der Waals surface area contributed by atoms with Gasteiger partial charge in [0.25, 0.3) is 0 Å². The summed E-state index contributed by atoms with van der Waals surface area (Å²) >= 11 is 0. The molecule has 0 radical (unpaired) electrons. The third-order valence-electron chi connectivity index (χ3n) is 7.78. The number of hydrogen-bond acceptors (Lipinski definition) is 7. The quantitative estimate of drug-likeness (QED) is 0.500. The minimum absolute atomic E-state index is 0.138. The van der Waals surface area contributed by atoms with E-state index in [9.17, 15) is 24.0 Å². The second-order valence-corrected chi connectivity index (χ2v) is 12.0. The Hall–Kier alpha value is -3.63. The molecule has 4 amide bonds. The molecule has 1 aromatic rings. The van der Waals surface area contributed by atoms with E-state index in [1.54, 1.807) is 37.5 Å². The molecular weight excluding hydrogens is 528 g/mol. The Morgan fingerprint density at radius 1 is 0.829 bits per heavy atom. The molecule has 3 fully saturated rings. The highest BCUT2D eigenvalue weighted by molar-refractivity contribution is 5.95. The minimum atomic E-state index is -0.874. The van der Waals surface area contributed by atoms with Crippen LogP contribution in [0.5, 0.6) is 0 Å². The first-order valence-corrected chi connectivity index (χ1v) is 14.6. The van der Waals surface area contributed by atoms with Crippen molar-refractivity contribution in [2.75, 3.05) is 19.6 Å². The molecule has 0 bridgehead atoms. The van der Waals surface area contributed by atoms with Gasteiger partial charge >= 0.3 is 12.1 Å². The molecule has 4 atom stereocenters. The number of hydrogen-bond donors (Lipinski definition) is 1. The summed E-state index contributed by atoms with van der Waals surface area (Å²) in [5.41, 5.74) is 0.166. The highest BCUT2D eigenvalue weighted by Gasteiger charge is 2.46. The van der Waals surface area contributed by atoms with Crippen molar-refractivity contribution >= 4 is 29.8 Å². The number of esters is 1. The lowest BCUT2D eigenvalue weighted by molar-refractivity contribution is -0.157. The van der Waals surface area contributed by atoms with E-state index in [-0.39, 0.29) is 24.3 Å². The van der Waals surface area contributed by atoms with Gasteiger partial charge < -0.3 is 29.5 Å². The Balaban J connectivity index is 1.38. The van der Waals surface area contributed by atoms with Gasteiger partial charge in [0.05, 0.1) is 0 Å². The average molecular weight is 571 g/mol. The summed E-state index contributed by atoms with van der Waals surface area (Å²) in [6.45, 7) is 8.15. The van der Waals surface area contributed by atoms with Gasteiger partial charge in [0.2, 0.25) is 17.7 Å². The maximum absolute atomic E-state index is 13.8. The Kier molecular flexibility index (Phi) is 9.55. The van der Waals surface area contributed by atoms with Gasteiger partial charge in [-0.1, -0.05) is 30.3 Å². The molecular formula is C30H42N4O7. The maximum Gasteiger partial charge on any atom is 0.408 e. The molecule has 1 aromatic carbocycles. The number of benzene rings is 1. The van der Waals surface area contributed by atoms with Crippen LogP contribution in [0.25, 0.3) is 0 Å². The molecule has 4 unspecified atom stereocenters. The predicted molar refractivity (Wildman–Crippen MR) is 149 cm³/mol. The number of alkyl carbamates (subject to hydrolysis) is 1. The predicted octanol–water partition coefficient (Wildman–Crippen LogP) is 2.62. The monoisotopic (exact) mass is 570 g/mol. The van der Waals surface area contributed by atoms with Crippen molar-refractivity contribution in [3.8, 4) is 0 Å². The second kappa shape index (κ2) is 12.9. The van der Waals surface area contributed by atoms with E-state index in [1.807, 2.05) is 30.3 Å². The number of nitrogens with zero attached hydrogens (tertiary/aromatic N) is 3. The first-order valence-electron chi connectivity index (χ1n) is 14.6. The third-order valence-corrected chi connectivity index (χ3v) is 7.78. The highest BCUT2D eigenvalue weighted by Crippen LogP contribution is 2.29. The molecule has 41 heavy (non-hydrogen) atoms. The van der Waals surface area contributed by atoms with Gasteiger partial charge in [-0.15, -0.1) is 0 Å². The summed E-state index contributed by atoms with van der Waals surface area (Å²) in [6.07, 6.45) is 2.81. The average Bonchev–Trinajstić information content (AvgIpc) is 3.70. The molecule has 11 heteroatoms. The van der Waals surface area contributed by atoms with Crippen molar-refractivity contribution < 1.29 is 33.4 Å². The fraction of sp³-hybridized carbons (Fsp3) is 0.633. The molecule has 0 spiro atoms. The van der Waals surface area contributed by atoms with Crippen LogP contribution in [-0.4, -0.2) is 93.9 Å². The highest BCUT2D eigenvalue weighted by atomic mass is 16.6. The number of amides is 4. The molecule has 3 aliphatic rings. The van der Waals surface area contributed by atoms with Crippen LogP contribution in [-0.2, 0) is 35.3 Å². The second-order valence-electron chi connectivity index (χ2n) is 12.0. The van der Waals surface area contributed by atoms with Crippen molar-refractivity contribution in [3.63, 3.8) is 0 Å². The summed E-state index contributed by atoms with van der Waals surface area (Å²) in [4.78, 5) is 70.5. The van der Waals surface area contributed by atoms with Crippen LogP contribution in [0.15, 0.2) is 30.3 Å². The van der Waals surface area contributed by atoms with Gasteiger partial charge in [-0.25, -0.2) is 9.59 Å². The summed E-state index contributed by atoms with van der Waals surface area (Å²) in [5, 5.41) is 2.56. The van der Waals surface area contributed by atoms with Gasteiger partial charge in [-0.05, 0) is 71.8 Å². The van der Waals surface area contributed by atoms with Crippen molar-refractivity contribution in [2.24, 2.45) is 0 Å². The molecule has 11 nitrogen and oxygen atoms in total. The lowest BCUT2D eigenvalue weighted by atomic mass is 10.1. The summed E-state index contributed by atoms with van der Waals surface area (Å²) in [5.74, 6) is -1.31. The number of nitrogens with one attached hydrogen (secondary N) is 1. The molecule has 224 valence electrons. The van der Waals surface area contributed by atoms with Gasteiger partial charge in [-0.2, -0.15) is 0 Å². The molecule has 0 saturated carbocycles. The summed E-state index contributed by atoms with van der Waals surface area (Å²) in [7, 11) is 0. The Bertz CT molecular complexity index is 1140. The van der Waals surface area contributed by atoms with Crippen molar-refractivity contribution in [3.05, 3.63) is 35.9 Å². The smallest absolute Gasteiger partial charge is 0.408 e. The largest absolute Gasteiger partial charge is 0.459 e. The standard InChI is InChI=1S/C30H42N4O7/c1-20(31-29(39)41-30(2,3)4)25(35)32-16-8-13-22(32)26(36)33-17-9-14-23(33)27(37)34-18-10-15-24(34)28(38)40-19-21-11-6-5-7-12-21/h5-7,11-12,20,22-24H,8-10,13-19H2,1-4H3,(H,31,39). The van der Waals surface area contributed by atoms with Crippen molar-refractivity contribution in [1.82, 2.24) is 20.0 Å². The van der Waals surface area contributed by atoms with E-state index in [0.29, 0.717) is 58.2 Å². The lowest BCUT2D eigenvalue weighted by Crippen LogP contribution is -2.56. The van der Waals surface area contributed by atoms with Crippen LogP contribution < -0.4 is 5.32 Å². The van der Waals surface area contributed by atoms with Gasteiger partial charge in [-0.3, -0.25) is 14.4 Å². The fourth-order valence-corrected chi connectivity index (χ4v) is 5.85. The van der Waals surface area contributed by atoms with Crippen LogP contribution >= 0.6 is 0 Å². The van der Waals surface area contributed by atoms with E-state index < -0.39 is 41.8 Å². The molecule has 3 heterocycles. The number of rotatable bonds is 7. The molecule has 0 aromatic heterocycles. The van der Waals surface area contributed by atoms with Crippen molar-refractivity contribution in [1.29, 1.82) is 0 Å².